The van der Waals surface area contributed by atoms with E-state index < -0.39 is 0 Å². The van der Waals surface area contributed by atoms with E-state index in [1.807, 2.05) is 23.5 Å². The molecule has 4 nitrogen and oxygen atoms in total. The van der Waals surface area contributed by atoms with Crippen LogP contribution in [0.4, 0.5) is 0 Å². The molecule has 2 fully saturated rings. The molecule has 2 saturated heterocycles. The molecule has 0 aromatic rings. The molecule has 0 bridgehead atoms. The van der Waals surface area contributed by atoms with Crippen LogP contribution < -0.4 is 5.32 Å². The van der Waals surface area contributed by atoms with E-state index in [1.54, 1.807) is 11.8 Å². The fourth-order valence-corrected chi connectivity index (χ4v) is 4.60. The largest absolute Gasteiger partial charge is 0.343 e. The summed E-state index contributed by atoms with van der Waals surface area (Å²) in [6, 6.07) is -0.359. The van der Waals surface area contributed by atoms with E-state index in [-0.39, 0.29) is 24.4 Å². The van der Waals surface area contributed by atoms with E-state index in [9.17, 15) is 9.59 Å². The summed E-state index contributed by atoms with van der Waals surface area (Å²) in [6.07, 6.45) is 0. The van der Waals surface area contributed by atoms with Crippen molar-refractivity contribution in [3.8, 4) is 0 Å². The van der Waals surface area contributed by atoms with Crippen LogP contribution in [-0.2, 0) is 9.59 Å². The van der Waals surface area contributed by atoms with Crippen LogP contribution >= 0.6 is 23.5 Å². The Bertz CT molecular complexity index is 293. The summed E-state index contributed by atoms with van der Waals surface area (Å²) in [4.78, 5) is 24.9. The number of hydrogen-bond acceptors (Lipinski definition) is 4. The van der Waals surface area contributed by atoms with Crippen molar-refractivity contribution in [3.05, 3.63) is 0 Å². The average molecular weight is 260 g/mol. The van der Waals surface area contributed by atoms with Gasteiger partial charge in [-0.2, -0.15) is 23.5 Å². The highest BCUT2D eigenvalue weighted by molar-refractivity contribution is 8.06. The summed E-state index contributed by atoms with van der Waals surface area (Å²) in [7, 11) is 0. The molecule has 0 radical (unpaired) electrons. The minimum absolute atomic E-state index is 0.0411. The second-order valence-corrected chi connectivity index (χ2v) is 6.63. The Labute approximate surface area is 104 Å². The first-order chi connectivity index (χ1) is 7.66. The van der Waals surface area contributed by atoms with Crippen LogP contribution in [-0.4, -0.2) is 58.4 Å². The van der Waals surface area contributed by atoms with Gasteiger partial charge in [-0.25, -0.2) is 0 Å². The van der Waals surface area contributed by atoms with Gasteiger partial charge in [0, 0.05) is 29.1 Å². The number of hydrogen-bond donors (Lipinski definition) is 1. The molecule has 1 N–H and O–H groups in total. The van der Waals surface area contributed by atoms with Gasteiger partial charge in [-0.1, -0.05) is 0 Å². The average Bonchev–Trinajstić information content (AvgIpc) is 2.27. The lowest BCUT2D eigenvalue weighted by Gasteiger charge is -2.34. The molecule has 2 unspecified atom stereocenters. The number of carbonyl (C=O) groups is 2. The lowest BCUT2D eigenvalue weighted by molar-refractivity contribution is -0.143. The molecule has 2 amide bonds. The van der Waals surface area contributed by atoms with Gasteiger partial charge in [-0.15, -0.1) is 0 Å². The van der Waals surface area contributed by atoms with E-state index in [0.29, 0.717) is 11.8 Å². The molecular formula is C10H16N2O2S2. The summed E-state index contributed by atoms with van der Waals surface area (Å²) < 4.78 is 0. The topological polar surface area (TPSA) is 49.4 Å². The zero-order valence-corrected chi connectivity index (χ0v) is 10.9. The van der Waals surface area contributed by atoms with Crippen molar-refractivity contribution in [3.63, 3.8) is 0 Å². The Hall–Kier alpha value is -0.360. The fourth-order valence-electron chi connectivity index (χ4n) is 1.92. The first-order valence-corrected chi connectivity index (χ1v) is 7.64. The normalized spacial score (nSPS) is 31.4. The smallest absolute Gasteiger partial charge is 0.245 e. The number of nitrogens with zero attached hydrogens (tertiary/aromatic N) is 1. The van der Waals surface area contributed by atoms with Gasteiger partial charge in [0.1, 0.15) is 6.04 Å². The van der Waals surface area contributed by atoms with Crippen LogP contribution in [0.3, 0.4) is 0 Å². The first-order valence-electron chi connectivity index (χ1n) is 5.44. The minimum Gasteiger partial charge on any atom is -0.343 e. The van der Waals surface area contributed by atoms with E-state index in [0.717, 1.165) is 11.5 Å². The highest BCUT2D eigenvalue weighted by atomic mass is 32.2. The van der Waals surface area contributed by atoms with Crippen LogP contribution in [0, 0.1) is 0 Å². The Morgan fingerprint density at radius 1 is 1.44 bits per heavy atom. The van der Waals surface area contributed by atoms with Gasteiger partial charge in [0.2, 0.25) is 11.8 Å². The van der Waals surface area contributed by atoms with Gasteiger partial charge in [0.05, 0.1) is 6.54 Å². The number of thioether (sulfide) groups is 2. The molecule has 2 atom stereocenters. The van der Waals surface area contributed by atoms with Gasteiger partial charge < -0.3 is 10.2 Å². The molecule has 0 aromatic heterocycles. The molecular weight excluding hydrogens is 244 g/mol. The molecule has 0 spiro atoms. The highest BCUT2D eigenvalue weighted by Gasteiger charge is 2.31. The fraction of sp³-hybridized carbons (Fsp3) is 0.800. The zero-order chi connectivity index (χ0) is 11.5. The van der Waals surface area contributed by atoms with Crippen molar-refractivity contribution in [2.75, 3.05) is 30.3 Å². The molecule has 90 valence electrons. The first kappa shape index (κ1) is 12.1. The van der Waals surface area contributed by atoms with Crippen LogP contribution in [0.1, 0.15) is 6.92 Å². The predicted octanol–water partition coefficient (Wildman–Crippen LogP) is 0.182. The summed E-state index contributed by atoms with van der Waals surface area (Å²) in [5, 5.41) is 3.14. The molecule has 6 heteroatoms. The molecule has 0 aliphatic carbocycles. The summed E-state index contributed by atoms with van der Waals surface area (Å²) >= 11 is 3.85. The van der Waals surface area contributed by atoms with Crippen LogP contribution in [0.2, 0.25) is 0 Å². The standard InChI is InChI=1S/C10H16N2O2S2/c1-7-10(14)12(5-9(13)11-7)4-8-6-15-2-3-16-8/h7-8H,2-6H2,1H3,(H,11,13). The quantitative estimate of drug-likeness (QED) is 0.769. The van der Waals surface area contributed by atoms with E-state index in [1.165, 1.54) is 5.75 Å². The molecule has 0 aromatic carbocycles. The number of nitrogens with one attached hydrogen (secondary N) is 1. The predicted molar refractivity (Wildman–Crippen MR) is 67.8 cm³/mol. The Kier molecular flexibility index (Phi) is 4.02. The van der Waals surface area contributed by atoms with Crippen molar-refractivity contribution in [1.82, 2.24) is 10.2 Å². The number of piperazine rings is 1. The lowest BCUT2D eigenvalue weighted by atomic mass is 10.2. The Morgan fingerprint density at radius 2 is 2.25 bits per heavy atom. The Balaban J connectivity index is 1.91. The maximum absolute atomic E-state index is 11.8. The lowest BCUT2D eigenvalue weighted by Crippen LogP contribution is -2.58. The van der Waals surface area contributed by atoms with Crippen LogP contribution in [0.5, 0.6) is 0 Å². The molecule has 2 aliphatic heterocycles. The third kappa shape index (κ3) is 2.85. The van der Waals surface area contributed by atoms with Gasteiger partial charge in [0.25, 0.3) is 0 Å². The third-order valence-corrected chi connectivity index (χ3v) is 5.53. The monoisotopic (exact) mass is 260 g/mol. The highest BCUT2D eigenvalue weighted by Crippen LogP contribution is 2.25. The zero-order valence-electron chi connectivity index (χ0n) is 9.27. The van der Waals surface area contributed by atoms with Gasteiger partial charge >= 0.3 is 0 Å². The second kappa shape index (κ2) is 5.31. The van der Waals surface area contributed by atoms with Crippen molar-refractivity contribution >= 4 is 35.3 Å². The minimum atomic E-state index is -0.359. The molecule has 2 heterocycles. The number of rotatable bonds is 2. The second-order valence-electron chi connectivity index (χ2n) is 4.08. The molecule has 16 heavy (non-hydrogen) atoms. The number of amides is 2. The number of carbonyl (C=O) groups excluding carboxylic acids is 2. The summed E-state index contributed by atoms with van der Waals surface area (Å²) in [6.45, 7) is 2.69. The third-order valence-electron chi connectivity index (χ3n) is 2.70. The van der Waals surface area contributed by atoms with E-state index in [2.05, 4.69) is 5.32 Å². The molecule has 2 rings (SSSR count). The molecule has 2 aliphatic rings. The summed E-state index contributed by atoms with van der Waals surface area (Å²) in [5.74, 6) is 3.45. The maximum atomic E-state index is 11.8. The van der Waals surface area contributed by atoms with Gasteiger partial charge in [-0.3, -0.25) is 9.59 Å². The van der Waals surface area contributed by atoms with Gasteiger partial charge in [-0.05, 0) is 6.92 Å². The van der Waals surface area contributed by atoms with Crippen molar-refractivity contribution in [2.45, 2.75) is 18.2 Å². The Morgan fingerprint density at radius 3 is 2.94 bits per heavy atom. The van der Waals surface area contributed by atoms with Crippen LogP contribution in [0.25, 0.3) is 0 Å². The van der Waals surface area contributed by atoms with Gasteiger partial charge in [0.15, 0.2) is 0 Å². The van der Waals surface area contributed by atoms with E-state index >= 15 is 0 Å². The SMILES string of the molecule is CC1NC(=O)CN(CC2CSCCS2)C1=O. The van der Waals surface area contributed by atoms with Crippen molar-refractivity contribution < 1.29 is 9.59 Å². The summed E-state index contributed by atoms with van der Waals surface area (Å²) in [5.41, 5.74) is 0. The maximum Gasteiger partial charge on any atom is 0.245 e. The van der Waals surface area contributed by atoms with Crippen molar-refractivity contribution in [2.24, 2.45) is 0 Å². The van der Waals surface area contributed by atoms with Crippen molar-refractivity contribution in [1.29, 1.82) is 0 Å². The van der Waals surface area contributed by atoms with E-state index in [4.69, 9.17) is 0 Å². The molecule has 0 saturated carbocycles. The van der Waals surface area contributed by atoms with Crippen LogP contribution in [0.15, 0.2) is 0 Å².